The number of anilines is 1. The highest BCUT2D eigenvalue weighted by Crippen LogP contribution is 2.32. The number of aryl methyl sites for hydroxylation is 2. The van der Waals surface area contributed by atoms with Crippen molar-refractivity contribution in [2.75, 3.05) is 31.1 Å². The van der Waals surface area contributed by atoms with E-state index in [1.807, 2.05) is 11.6 Å². The predicted molar refractivity (Wildman–Crippen MR) is 88.9 cm³/mol. The minimum atomic E-state index is -0.331. The monoisotopic (exact) mass is 336 g/mol. The molecule has 1 aliphatic rings. The standard InChI is InChI=1S/C14H20N6O2S/c1-10-12(20(21)22)14(17(3)16-10)19-7-5-18(6-8-19)11(2)13-15-4-9-23-13/h4,9,11H,5-8H2,1-3H3. The predicted octanol–water partition coefficient (Wildman–Crippen LogP) is 1.98. The number of hydrogen-bond acceptors (Lipinski definition) is 7. The Bertz CT molecular complexity index is 690. The van der Waals surface area contributed by atoms with Crippen molar-refractivity contribution in [3.8, 4) is 0 Å². The van der Waals surface area contributed by atoms with Gasteiger partial charge in [-0.2, -0.15) is 5.10 Å². The average Bonchev–Trinajstić information content (AvgIpc) is 3.14. The van der Waals surface area contributed by atoms with Gasteiger partial charge in [-0.25, -0.2) is 9.67 Å². The van der Waals surface area contributed by atoms with E-state index in [9.17, 15) is 10.1 Å². The lowest BCUT2D eigenvalue weighted by atomic mass is 10.2. The van der Waals surface area contributed by atoms with Crippen molar-refractivity contribution in [1.82, 2.24) is 19.7 Å². The highest BCUT2D eigenvalue weighted by molar-refractivity contribution is 7.09. The van der Waals surface area contributed by atoms with Crippen LogP contribution in [0.2, 0.25) is 0 Å². The molecule has 0 amide bonds. The van der Waals surface area contributed by atoms with Crippen LogP contribution < -0.4 is 4.90 Å². The Morgan fingerprint density at radius 2 is 2.04 bits per heavy atom. The van der Waals surface area contributed by atoms with E-state index in [2.05, 4.69) is 26.8 Å². The van der Waals surface area contributed by atoms with E-state index >= 15 is 0 Å². The smallest absolute Gasteiger partial charge is 0.333 e. The molecule has 2 aromatic heterocycles. The molecule has 0 radical (unpaired) electrons. The number of nitro groups is 1. The molecule has 1 saturated heterocycles. The zero-order chi connectivity index (χ0) is 16.6. The van der Waals surface area contributed by atoms with Gasteiger partial charge in [-0.15, -0.1) is 11.3 Å². The fourth-order valence-corrected chi connectivity index (χ4v) is 3.85. The van der Waals surface area contributed by atoms with Gasteiger partial charge in [-0.1, -0.05) is 0 Å². The molecule has 9 heteroatoms. The third-order valence-electron chi connectivity index (χ3n) is 4.31. The Kier molecular flexibility index (Phi) is 4.31. The van der Waals surface area contributed by atoms with Crippen molar-refractivity contribution in [2.45, 2.75) is 19.9 Å². The summed E-state index contributed by atoms with van der Waals surface area (Å²) in [7, 11) is 1.76. The van der Waals surface area contributed by atoms with Crippen LogP contribution in [0.15, 0.2) is 11.6 Å². The summed E-state index contributed by atoms with van der Waals surface area (Å²) < 4.78 is 1.62. The molecule has 0 saturated carbocycles. The molecule has 0 N–H and O–H groups in total. The third-order valence-corrected chi connectivity index (χ3v) is 5.26. The second kappa shape index (κ2) is 6.25. The Labute approximate surface area is 138 Å². The number of nitrogens with zero attached hydrogens (tertiary/aromatic N) is 6. The molecule has 0 aliphatic carbocycles. The van der Waals surface area contributed by atoms with Gasteiger partial charge < -0.3 is 4.90 Å². The molecule has 3 heterocycles. The van der Waals surface area contributed by atoms with Gasteiger partial charge in [0.05, 0.1) is 11.0 Å². The van der Waals surface area contributed by atoms with Crippen LogP contribution in [0.25, 0.3) is 0 Å². The van der Waals surface area contributed by atoms with Crippen LogP contribution in [-0.4, -0.2) is 50.8 Å². The van der Waals surface area contributed by atoms with Crippen LogP contribution in [0.5, 0.6) is 0 Å². The van der Waals surface area contributed by atoms with E-state index in [0.717, 1.165) is 31.2 Å². The third kappa shape index (κ3) is 2.93. The van der Waals surface area contributed by atoms with E-state index in [0.29, 0.717) is 11.5 Å². The first kappa shape index (κ1) is 15.9. The highest BCUT2D eigenvalue weighted by atomic mass is 32.1. The first-order valence-corrected chi connectivity index (χ1v) is 8.43. The van der Waals surface area contributed by atoms with E-state index in [4.69, 9.17) is 0 Å². The fourth-order valence-electron chi connectivity index (χ4n) is 3.12. The lowest BCUT2D eigenvalue weighted by Gasteiger charge is -2.37. The Hall–Kier alpha value is -2.00. The molecule has 124 valence electrons. The topological polar surface area (TPSA) is 80.3 Å². The number of piperazine rings is 1. The Morgan fingerprint density at radius 1 is 1.35 bits per heavy atom. The SMILES string of the molecule is Cc1nn(C)c(N2CCN(C(C)c3nccs3)CC2)c1[N+](=O)[O-]. The summed E-state index contributed by atoms with van der Waals surface area (Å²) in [6, 6.07) is 0.278. The summed E-state index contributed by atoms with van der Waals surface area (Å²) in [5, 5.41) is 18.7. The van der Waals surface area contributed by atoms with E-state index in [1.165, 1.54) is 0 Å². The zero-order valence-corrected chi connectivity index (χ0v) is 14.3. The fraction of sp³-hybridized carbons (Fsp3) is 0.571. The molecule has 1 unspecified atom stereocenters. The van der Waals surface area contributed by atoms with Gasteiger partial charge in [0, 0.05) is 44.8 Å². The quantitative estimate of drug-likeness (QED) is 0.627. The van der Waals surface area contributed by atoms with Crippen LogP contribution in [0, 0.1) is 17.0 Å². The Balaban J connectivity index is 1.74. The molecule has 3 rings (SSSR count). The number of hydrogen-bond donors (Lipinski definition) is 0. The zero-order valence-electron chi connectivity index (χ0n) is 13.5. The highest BCUT2D eigenvalue weighted by Gasteiger charge is 2.31. The van der Waals surface area contributed by atoms with Gasteiger partial charge in [0.25, 0.3) is 0 Å². The van der Waals surface area contributed by atoms with Crippen molar-refractivity contribution in [1.29, 1.82) is 0 Å². The lowest BCUT2D eigenvalue weighted by Crippen LogP contribution is -2.47. The summed E-state index contributed by atoms with van der Waals surface area (Å²) in [6.45, 7) is 7.03. The molecule has 0 aromatic carbocycles. The summed E-state index contributed by atoms with van der Waals surface area (Å²) in [5.74, 6) is 0.606. The maximum Gasteiger partial charge on any atom is 0.333 e. The van der Waals surface area contributed by atoms with Gasteiger partial charge in [0.2, 0.25) is 5.82 Å². The van der Waals surface area contributed by atoms with Crippen molar-refractivity contribution >= 4 is 22.8 Å². The van der Waals surface area contributed by atoms with Crippen LogP contribution in [-0.2, 0) is 7.05 Å². The van der Waals surface area contributed by atoms with Crippen molar-refractivity contribution in [2.24, 2.45) is 7.05 Å². The first-order valence-electron chi connectivity index (χ1n) is 7.55. The molecular weight excluding hydrogens is 316 g/mol. The van der Waals surface area contributed by atoms with Crippen molar-refractivity contribution in [3.63, 3.8) is 0 Å². The van der Waals surface area contributed by atoms with Crippen LogP contribution in [0.1, 0.15) is 23.7 Å². The summed E-state index contributed by atoms with van der Waals surface area (Å²) in [5.41, 5.74) is 0.583. The minimum absolute atomic E-state index is 0.119. The maximum absolute atomic E-state index is 11.3. The second-order valence-corrected chi connectivity index (χ2v) is 6.63. The number of rotatable bonds is 4. The largest absolute Gasteiger partial charge is 0.349 e. The van der Waals surface area contributed by atoms with Crippen LogP contribution >= 0.6 is 11.3 Å². The number of aromatic nitrogens is 3. The van der Waals surface area contributed by atoms with Gasteiger partial charge in [-0.05, 0) is 13.8 Å². The van der Waals surface area contributed by atoms with Gasteiger partial charge in [0.1, 0.15) is 10.7 Å². The molecule has 0 spiro atoms. The second-order valence-electron chi connectivity index (χ2n) is 5.71. The normalized spacial score (nSPS) is 17.4. The number of thiazole rings is 1. The average molecular weight is 336 g/mol. The molecule has 1 fully saturated rings. The van der Waals surface area contributed by atoms with Gasteiger partial charge in [0.15, 0.2) is 0 Å². The van der Waals surface area contributed by atoms with Crippen LogP contribution in [0.3, 0.4) is 0 Å². The maximum atomic E-state index is 11.3. The minimum Gasteiger partial charge on any atom is -0.349 e. The molecule has 1 aliphatic heterocycles. The molecule has 2 aromatic rings. The first-order chi connectivity index (χ1) is 11.0. The molecule has 23 heavy (non-hydrogen) atoms. The van der Waals surface area contributed by atoms with E-state index in [-0.39, 0.29) is 16.7 Å². The van der Waals surface area contributed by atoms with E-state index in [1.54, 1.807) is 30.0 Å². The molecule has 1 atom stereocenters. The summed E-state index contributed by atoms with van der Waals surface area (Å²) in [6.07, 6.45) is 1.83. The lowest BCUT2D eigenvalue weighted by molar-refractivity contribution is -0.384. The summed E-state index contributed by atoms with van der Waals surface area (Å²) in [4.78, 5) is 19.8. The van der Waals surface area contributed by atoms with Gasteiger partial charge >= 0.3 is 5.69 Å². The molecule has 8 nitrogen and oxygen atoms in total. The van der Waals surface area contributed by atoms with E-state index < -0.39 is 0 Å². The molecule has 0 bridgehead atoms. The Morgan fingerprint density at radius 3 is 2.61 bits per heavy atom. The van der Waals surface area contributed by atoms with Gasteiger partial charge in [-0.3, -0.25) is 15.0 Å². The summed E-state index contributed by atoms with van der Waals surface area (Å²) >= 11 is 1.66. The molecular formula is C14H20N6O2S. The van der Waals surface area contributed by atoms with Crippen molar-refractivity contribution in [3.05, 3.63) is 32.4 Å². The van der Waals surface area contributed by atoms with Crippen molar-refractivity contribution < 1.29 is 4.92 Å². The van der Waals surface area contributed by atoms with Crippen LogP contribution in [0.4, 0.5) is 11.5 Å².